The van der Waals surface area contributed by atoms with Crippen molar-refractivity contribution < 1.29 is 9.53 Å². The summed E-state index contributed by atoms with van der Waals surface area (Å²) in [5.74, 6) is -0.0211. The summed E-state index contributed by atoms with van der Waals surface area (Å²) in [6.07, 6.45) is 2.69. The van der Waals surface area contributed by atoms with Gasteiger partial charge in [-0.25, -0.2) is 0 Å². The highest BCUT2D eigenvalue weighted by atomic mass is 35.5. The minimum Gasteiger partial charge on any atom is -0.370 e. The molecular weight excluding hydrogens is 322 g/mol. The third-order valence-corrected chi connectivity index (χ3v) is 4.72. The van der Waals surface area contributed by atoms with E-state index in [4.69, 9.17) is 16.3 Å². The Bertz CT molecular complexity index is 672. The molecule has 4 heteroatoms. The fraction of sp³-hybridized carbons (Fsp3) is 0.350. The van der Waals surface area contributed by atoms with E-state index < -0.39 is 0 Å². The molecule has 0 aliphatic carbocycles. The molecule has 1 fully saturated rings. The van der Waals surface area contributed by atoms with Gasteiger partial charge in [0.2, 0.25) is 0 Å². The van der Waals surface area contributed by atoms with Crippen LogP contribution in [-0.2, 0) is 4.74 Å². The molecule has 3 atom stereocenters. The van der Waals surface area contributed by atoms with E-state index in [0.29, 0.717) is 5.56 Å². The van der Waals surface area contributed by atoms with Crippen molar-refractivity contribution in [2.45, 2.75) is 44.4 Å². The molecule has 1 aliphatic heterocycles. The summed E-state index contributed by atoms with van der Waals surface area (Å²) in [6.45, 7) is 2.12. The number of halogens is 1. The minimum atomic E-state index is -0.0211. The van der Waals surface area contributed by atoms with Gasteiger partial charge in [0, 0.05) is 16.6 Å². The number of benzene rings is 2. The highest BCUT2D eigenvalue weighted by Gasteiger charge is 2.30. The zero-order valence-corrected chi connectivity index (χ0v) is 14.5. The molecule has 1 amide bonds. The molecule has 0 aromatic heterocycles. The second-order valence-electron chi connectivity index (χ2n) is 6.21. The van der Waals surface area contributed by atoms with E-state index in [9.17, 15) is 4.79 Å². The Morgan fingerprint density at radius 1 is 1.12 bits per heavy atom. The van der Waals surface area contributed by atoms with Crippen molar-refractivity contribution in [2.75, 3.05) is 0 Å². The van der Waals surface area contributed by atoms with Gasteiger partial charge in [-0.05, 0) is 49.1 Å². The molecule has 3 nitrogen and oxygen atoms in total. The van der Waals surface area contributed by atoms with Crippen LogP contribution in [0.5, 0.6) is 0 Å². The molecule has 1 N–H and O–H groups in total. The van der Waals surface area contributed by atoms with Crippen LogP contribution in [0.2, 0.25) is 5.02 Å². The van der Waals surface area contributed by atoms with Crippen LogP contribution in [0.15, 0.2) is 54.6 Å². The SMILES string of the molecule is CC[C@@H]1C[C@H](NC(=O)c2ccccc2)C[C@H](c2ccc(Cl)cc2)O1. The Morgan fingerprint density at radius 3 is 2.50 bits per heavy atom. The Morgan fingerprint density at radius 2 is 1.83 bits per heavy atom. The number of carbonyl (C=O) groups is 1. The lowest BCUT2D eigenvalue weighted by Gasteiger charge is -2.36. The van der Waals surface area contributed by atoms with Crippen molar-refractivity contribution in [3.05, 3.63) is 70.7 Å². The van der Waals surface area contributed by atoms with Gasteiger partial charge in [-0.15, -0.1) is 0 Å². The summed E-state index contributed by atoms with van der Waals surface area (Å²) in [7, 11) is 0. The number of rotatable bonds is 4. The average molecular weight is 344 g/mol. The number of hydrogen-bond acceptors (Lipinski definition) is 2. The Kier molecular flexibility index (Phi) is 5.54. The third-order valence-electron chi connectivity index (χ3n) is 4.47. The maximum atomic E-state index is 12.4. The van der Waals surface area contributed by atoms with Gasteiger partial charge in [0.05, 0.1) is 12.2 Å². The number of ether oxygens (including phenoxy) is 1. The number of amides is 1. The van der Waals surface area contributed by atoms with E-state index in [1.165, 1.54) is 0 Å². The van der Waals surface area contributed by atoms with Crippen molar-refractivity contribution >= 4 is 17.5 Å². The molecule has 0 saturated carbocycles. The molecule has 2 aromatic rings. The van der Waals surface area contributed by atoms with E-state index in [1.807, 2.05) is 54.6 Å². The van der Waals surface area contributed by atoms with Crippen LogP contribution < -0.4 is 5.32 Å². The fourth-order valence-electron chi connectivity index (χ4n) is 3.15. The van der Waals surface area contributed by atoms with Crippen molar-refractivity contribution in [3.8, 4) is 0 Å². The second-order valence-corrected chi connectivity index (χ2v) is 6.65. The highest BCUT2D eigenvalue weighted by molar-refractivity contribution is 6.30. The normalized spacial score (nSPS) is 23.7. The lowest BCUT2D eigenvalue weighted by molar-refractivity contribution is -0.0632. The van der Waals surface area contributed by atoms with Gasteiger partial charge in [-0.3, -0.25) is 4.79 Å². The summed E-state index contributed by atoms with van der Waals surface area (Å²) in [5, 5.41) is 3.88. The standard InChI is InChI=1S/C20H22ClNO2/c1-2-18-12-17(22-20(23)15-6-4-3-5-7-15)13-19(24-18)14-8-10-16(21)11-9-14/h3-11,17-19H,2,12-13H2,1H3,(H,22,23)/t17-,18+,19+/m0/s1. The van der Waals surface area contributed by atoms with Gasteiger partial charge >= 0.3 is 0 Å². The number of nitrogens with one attached hydrogen (secondary N) is 1. The van der Waals surface area contributed by atoms with Crippen molar-refractivity contribution in [2.24, 2.45) is 0 Å². The first-order chi connectivity index (χ1) is 11.7. The molecule has 126 valence electrons. The van der Waals surface area contributed by atoms with Gasteiger partial charge in [-0.2, -0.15) is 0 Å². The Hall–Kier alpha value is -1.84. The van der Waals surface area contributed by atoms with E-state index >= 15 is 0 Å². The summed E-state index contributed by atoms with van der Waals surface area (Å²) >= 11 is 5.97. The van der Waals surface area contributed by atoms with Crippen LogP contribution in [-0.4, -0.2) is 18.1 Å². The van der Waals surface area contributed by atoms with Gasteiger partial charge in [0.1, 0.15) is 0 Å². The first-order valence-electron chi connectivity index (χ1n) is 8.42. The largest absolute Gasteiger partial charge is 0.370 e. The highest BCUT2D eigenvalue weighted by Crippen LogP contribution is 2.33. The van der Waals surface area contributed by atoms with Gasteiger partial charge < -0.3 is 10.1 Å². The summed E-state index contributed by atoms with van der Waals surface area (Å²) in [4.78, 5) is 12.4. The van der Waals surface area contributed by atoms with Gasteiger partial charge in [0.25, 0.3) is 5.91 Å². The molecule has 3 rings (SSSR count). The molecule has 0 bridgehead atoms. The zero-order chi connectivity index (χ0) is 16.9. The predicted molar refractivity (Wildman–Crippen MR) is 96.3 cm³/mol. The minimum absolute atomic E-state index is 0.0120. The number of carbonyl (C=O) groups excluding carboxylic acids is 1. The molecule has 2 aromatic carbocycles. The molecular formula is C20H22ClNO2. The molecule has 1 saturated heterocycles. The Labute approximate surface area is 148 Å². The number of hydrogen-bond donors (Lipinski definition) is 1. The monoisotopic (exact) mass is 343 g/mol. The average Bonchev–Trinajstić information content (AvgIpc) is 2.62. The summed E-state index contributed by atoms with van der Waals surface area (Å²) in [5.41, 5.74) is 1.80. The van der Waals surface area contributed by atoms with Gasteiger partial charge in [-0.1, -0.05) is 48.9 Å². The maximum absolute atomic E-state index is 12.4. The van der Waals surface area contributed by atoms with Crippen LogP contribution in [0.3, 0.4) is 0 Å². The Balaban J connectivity index is 1.71. The van der Waals surface area contributed by atoms with Crippen LogP contribution in [0.1, 0.15) is 48.2 Å². The second kappa shape index (κ2) is 7.82. The molecule has 0 unspecified atom stereocenters. The first kappa shape index (κ1) is 17.0. The van der Waals surface area contributed by atoms with Crippen LogP contribution in [0, 0.1) is 0 Å². The van der Waals surface area contributed by atoms with E-state index in [2.05, 4.69) is 12.2 Å². The van der Waals surface area contributed by atoms with Crippen molar-refractivity contribution in [1.29, 1.82) is 0 Å². The predicted octanol–water partition coefficient (Wildman–Crippen LogP) is 4.77. The molecule has 24 heavy (non-hydrogen) atoms. The van der Waals surface area contributed by atoms with Crippen molar-refractivity contribution in [3.63, 3.8) is 0 Å². The van der Waals surface area contributed by atoms with E-state index in [-0.39, 0.29) is 24.2 Å². The molecule has 0 radical (unpaired) electrons. The summed E-state index contributed by atoms with van der Waals surface area (Å²) in [6, 6.07) is 17.2. The summed E-state index contributed by atoms with van der Waals surface area (Å²) < 4.78 is 6.18. The molecule has 1 aliphatic rings. The van der Waals surface area contributed by atoms with Crippen LogP contribution in [0.4, 0.5) is 0 Å². The third kappa shape index (κ3) is 4.16. The molecule has 1 heterocycles. The van der Waals surface area contributed by atoms with Gasteiger partial charge in [0.15, 0.2) is 0 Å². The maximum Gasteiger partial charge on any atom is 0.251 e. The lowest BCUT2D eigenvalue weighted by Crippen LogP contribution is -2.42. The van der Waals surface area contributed by atoms with Crippen LogP contribution >= 0.6 is 11.6 Å². The topological polar surface area (TPSA) is 38.3 Å². The smallest absolute Gasteiger partial charge is 0.251 e. The van der Waals surface area contributed by atoms with E-state index in [1.54, 1.807) is 0 Å². The quantitative estimate of drug-likeness (QED) is 0.868. The lowest BCUT2D eigenvalue weighted by atomic mass is 9.93. The van der Waals surface area contributed by atoms with Crippen LogP contribution in [0.25, 0.3) is 0 Å². The fourth-order valence-corrected chi connectivity index (χ4v) is 3.27. The molecule has 0 spiro atoms. The van der Waals surface area contributed by atoms with Crippen molar-refractivity contribution in [1.82, 2.24) is 5.32 Å². The zero-order valence-electron chi connectivity index (χ0n) is 13.7. The van der Waals surface area contributed by atoms with E-state index in [0.717, 1.165) is 29.8 Å². The first-order valence-corrected chi connectivity index (χ1v) is 8.80.